The molecule has 0 fully saturated rings. The van der Waals surface area contributed by atoms with Crippen molar-refractivity contribution in [2.45, 2.75) is 38.0 Å². The summed E-state index contributed by atoms with van der Waals surface area (Å²) >= 11 is 1.35. The minimum atomic E-state index is -0.640. The molecule has 1 amide bonds. The minimum absolute atomic E-state index is 0.0614. The Hall–Kier alpha value is -3.13. The molecular weight excluding hydrogens is 412 g/mol. The maximum Gasteiger partial charge on any atom is 0.325 e. The van der Waals surface area contributed by atoms with Crippen LogP contribution < -0.4 is 19.9 Å². The number of thioether (sulfide) groups is 1. The van der Waals surface area contributed by atoms with E-state index in [4.69, 9.17) is 9.84 Å². The molecular formula is C23H25N4O3S+. The number of H-pyrrole nitrogens is 1. The summed E-state index contributed by atoms with van der Waals surface area (Å²) in [6.45, 7) is 4.43. The summed E-state index contributed by atoms with van der Waals surface area (Å²) in [5, 5.41) is 5.19. The van der Waals surface area contributed by atoms with Crippen LogP contribution in [0, 0.1) is 0 Å². The molecule has 0 saturated heterocycles. The number of hydrogen-bond acceptors (Lipinski definition) is 5. The number of carbonyl (C=O) groups is 1. The number of para-hydroxylation sites is 2. The lowest BCUT2D eigenvalue weighted by atomic mass is 10.0. The summed E-state index contributed by atoms with van der Waals surface area (Å²) in [6.07, 6.45) is 2.39. The normalized spacial score (nSPS) is 14.7. The summed E-state index contributed by atoms with van der Waals surface area (Å²) in [4.78, 5) is 30.9. The molecule has 0 saturated carbocycles. The summed E-state index contributed by atoms with van der Waals surface area (Å²) in [6, 6.07) is 15.1. The summed E-state index contributed by atoms with van der Waals surface area (Å²) < 4.78 is 7.68. The highest BCUT2D eigenvalue weighted by molar-refractivity contribution is 7.98. The van der Waals surface area contributed by atoms with Crippen LogP contribution in [0.1, 0.15) is 38.4 Å². The van der Waals surface area contributed by atoms with E-state index in [0.29, 0.717) is 40.9 Å². The van der Waals surface area contributed by atoms with E-state index >= 15 is 0 Å². The SMILES string of the molecule is CCCOc1ccccc1[C@H]1N(C(=O)CC)c2ccccc2-c2c(=O)[nH]c(SC)n[n+]21. The number of amides is 1. The Morgan fingerprint density at radius 2 is 1.94 bits per heavy atom. The summed E-state index contributed by atoms with van der Waals surface area (Å²) in [7, 11) is 0. The van der Waals surface area contributed by atoms with Gasteiger partial charge in [0.1, 0.15) is 5.75 Å². The molecule has 0 unspecified atom stereocenters. The number of anilines is 1. The first-order valence-electron chi connectivity index (χ1n) is 10.3. The van der Waals surface area contributed by atoms with Crippen LogP contribution in [0.4, 0.5) is 5.69 Å². The lowest BCUT2D eigenvalue weighted by Crippen LogP contribution is -2.60. The van der Waals surface area contributed by atoms with Crippen molar-refractivity contribution in [2.75, 3.05) is 17.8 Å². The van der Waals surface area contributed by atoms with Gasteiger partial charge in [0.2, 0.25) is 11.1 Å². The zero-order valence-corrected chi connectivity index (χ0v) is 18.6. The molecule has 7 nitrogen and oxygen atoms in total. The number of ether oxygens (including phenoxy) is 1. The number of benzene rings is 2. The molecule has 2 aromatic carbocycles. The molecule has 160 valence electrons. The average Bonchev–Trinajstić information content (AvgIpc) is 2.81. The van der Waals surface area contributed by atoms with Crippen LogP contribution in [0.2, 0.25) is 0 Å². The van der Waals surface area contributed by atoms with E-state index in [1.165, 1.54) is 11.8 Å². The third-order valence-electron chi connectivity index (χ3n) is 5.18. The van der Waals surface area contributed by atoms with Gasteiger partial charge >= 0.3 is 11.3 Å². The molecule has 0 aliphatic carbocycles. The second-order valence-electron chi connectivity index (χ2n) is 7.15. The van der Waals surface area contributed by atoms with Crippen LogP contribution in [0.3, 0.4) is 0 Å². The van der Waals surface area contributed by atoms with Gasteiger partial charge in [-0.1, -0.05) is 49.9 Å². The second kappa shape index (κ2) is 8.93. The first-order chi connectivity index (χ1) is 15.1. The number of hydrogen-bond donors (Lipinski definition) is 1. The Bertz CT molecular complexity index is 1180. The molecule has 1 aliphatic rings. The monoisotopic (exact) mass is 437 g/mol. The van der Waals surface area contributed by atoms with Gasteiger partial charge in [0.05, 0.1) is 23.4 Å². The van der Waals surface area contributed by atoms with Crippen LogP contribution in [0.15, 0.2) is 58.5 Å². The first-order valence-corrected chi connectivity index (χ1v) is 11.6. The van der Waals surface area contributed by atoms with Gasteiger partial charge in [-0.05, 0) is 41.6 Å². The smallest absolute Gasteiger partial charge is 0.325 e. The maximum absolute atomic E-state index is 13.2. The molecule has 8 heteroatoms. The number of aromatic nitrogens is 3. The number of fused-ring (bicyclic) bond motifs is 3. The highest BCUT2D eigenvalue weighted by Crippen LogP contribution is 2.39. The number of carbonyl (C=O) groups excluding carboxylic acids is 1. The lowest BCUT2D eigenvalue weighted by molar-refractivity contribution is -0.763. The average molecular weight is 438 g/mol. The van der Waals surface area contributed by atoms with Gasteiger partial charge in [-0.25, -0.2) is 4.90 Å². The van der Waals surface area contributed by atoms with Crippen molar-refractivity contribution >= 4 is 23.4 Å². The Kier molecular flexibility index (Phi) is 6.08. The van der Waals surface area contributed by atoms with Gasteiger partial charge in [0, 0.05) is 11.5 Å². The first kappa shape index (κ1) is 21.1. The van der Waals surface area contributed by atoms with E-state index in [9.17, 15) is 9.59 Å². The minimum Gasteiger partial charge on any atom is -0.493 e. The van der Waals surface area contributed by atoms with Crippen molar-refractivity contribution in [2.24, 2.45) is 0 Å². The van der Waals surface area contributed by atoms with Crippen molar-refractivity contribution < 1.29 is 14.2 Å². The fourth-order valence-corrected chi connectivity index (χ4v) is 4.19. The molecule has 1 aliphatic heterocycles. The molecule has 1 atom stereocenters. The van der Waals surface area contributed by atoms with Gasteiger partial charge in [-0.15, -0.1) is 0 Å². The Balaban J connectivity index is 2.05. The van der Waals surface area contributed by atoms with Crippen molar-refractivity contribution in [3.63, 3.8) is 0 Å². The van der Waals surface area contributed by atoms with Crippen molar-refractivity contribution in [1.82, 2.24) is 10.1 Å². The van der Waals surface area contributed by atoms with Gasteiger partial charge in [-0.3, -0.25) is 14.6 Å². The highest BCUT2D eigenvalue weighted by atomic mass is 32.2. The fraction of sp³-hybridized carbons (Fsp3) is 0.304. The molecule has 1 aromatic heterocycles. The van der Waals surface area contributed by atoms with Crippen LogP contribution in [0.5, 0.6) is 5.75 Å². The van der Waals surface area contributed by atoms with Crippen molar-refractivity contribution in [3.05, 3.63) is 64.4 Å². The topological polar surface area (TPSA) is 79.2 Å². The quantitative estimate of drug-likeness (QED) is 0.471. The largest absolute Gasteiger partial charge is 0.493 e. The molecule has 4 rings (SSSR count). The van der Waals surface area contributed by atoms with Crippen LogP contribution >= 0.6 is 11.8 Å². The predicted molar refractivity (Wildman–Crippen MR) is 120 cm³/mol. The zero-order valence-electron chi connectivity index (χ0n) is 17.8. The highest BCUT2D eigenvalue weighted by Gasteiger charge is 2.46. The molecule has 0 spiro atoms. The van der Waals surface area contributed by atoms with Crippen LogP contribution in [-0.2, 0) is 4.79 Å². The zero-order chi connectivity index (χ0) is 22.0. The number of nitrogens with zero attached hydrogens (tertiary/aromatic N) is 3. The van der Waals surface area contributed by atoms with Gasteiger partial charge in [0.15, 0.2) is 0 Å². The molecule has 3 aromatic rings. The van der Waals surface area contributed by atoms with Gasteiger partial charge < -0.3 is 4.74 Å². The van der Waals surface area contributed by atoms with Gasteiger partial charge in [-0.2, -0.15) is 0 Å². The number of aromatic amines is 1. The van der Waals surface area contributed by atoms with Crippen molar-refractivity contribution in [1.29, 1.82) is 0 Å². The summed E-state index contributed by atoms with van der Waals surface area (Å²) in [5.41, 5.74) is 2.32. The molecule has 2 heterocycles. The number of rotatable bonds is 6. The van der Waals surface area contributed by atoms with E-state index in [-0.39, 0.29) is 11.5 Å². The maximum atomic E-state index is 13.2. The van der Waals surface area contributed by atoms with Crippen molar-refractivity contribution in [3.8, 4) is 17.0 Å². The van der Waals surface area contributed by atoms with E-state index in [1.807, 2.05) is 68.6 Å². The fourth-order valence-electron chi connectivity index (χ4n) is 3.82. The Labute approximate surface area is 185 Å². The predicted octanol–water partition coefficient (Wildman–Crippen LogP) is 3.54. The molecule has 0 bridgehead atoms. The Morgan fingerprint density at radius 3 is 2.68 bits per heavy atom. The standard InChI is InChI=1S/C23H24N4O3S/c1-4-14-30-18-13-9-7-11-16(18)22-26(19(28)5-2)17-12-8-6-10-15(17)20-21(29)24-23(31-3)25-27(20)22/h6-13,22H,4-5,14H2,1-3H3/p+1/t22-/m0/s1. The molecule has 31 heavy (non-hydrogen) atoms. The third kappa shape index (κ3) is 3.72. The summed E-state index contributed by atoms with van der Waals surface area (Å²) in [5.74, 6) is 0.613. The van der Waals surface area contributed by atoms with Crippen LogP contribution in [0.25, 0.3) is 11.3 Å². The number of nitrogens with one attached hydrogen (secondary N) is 1. The molecule has 1 N–H and O–H groups in total. The van der Waals surface area contributed by atoms with Gasteiger partial charge in [0.25, 0.3) is 6.17 Å². The lowest BCUT2D eigenvalue weighted by Gasteiger charge is -2.32. The molecule has 0 radical (unpaired) electrons. The van der Waals surface area contributed by atoms with Crippen LogP contribution in [-0.4, -0.2) is 28.9 Å². The van der Waals surface area contributed by atoms with E-state index in [1.54, 1.807) is 9.58 Å². The van der Waals surface area contributed by atoms with E-state index in [0.717, 1.165) is 12.0 Å². The van der Waals surface area contributed by atoms with E-state index in [2.05, 4.69) is 4.98 Å². The second-order valence-corrected chi connectivity index (χ2v) is 7.95. The Morgan fingerprint density at radius 1 is 1.19 bits per heavy atom. The third-order valence-corrected chi connectivity index (χ3v) is 5.75. The van der Waals surface area contributed by atoms with E-state index < -0.39 is 6.17 Å².